The van der Waals surface area contributed by atoms with Gasteiger partial charge in [0.15, 0.2) is 0 Å². The highest BCUT2D eigenvalue weighted by Gasteiger charge is 2.47. The van der Waals surface area contributed by atoms with E-state index in [1.165, 1.54) is 47.1 Å². The van der Waals surface area contributed by atoms with Gasteiger partial charge in [0.1, 0.15) is 16.5 Å². The van der Waals surface area contributed by atoms with Gasteiger partial charge in [-0.25, -0.2) is 19.4 Å². The number of rotatable bonds is 6. The van der Waals surface area contributed by atoms with Gasteiger partial charge in [-0.2, -0.15) is 0 Å². The van der Waals surface area contributed by atoms with Gasteiger partial charge in [-0.3, -0.25) is 14.4 Å². The summed E-state index contributed by atoms with van der Waals surface area (Å²) in [6.07, 6.45) is 5.95. The van der Waals surface area contributed by atoms with E-state index in [4.69, 9.17) is 17.3 Å². The number of benzene rings is 1. The second-order valence-electron chi connectivity index (χ2n) is 10.7. The van der Waals surface area contributed by atoms with Crippen molar-refractivity contribution in [3.63, 3.8) is 0 Å². The topological polar surface area (TPSA) is 102 Å². The molecule has 2 aromatic heterocycles. The summed E-state index contributed by atoms with van der Waals surface area (Å²) in [4.78, 5) is 34.8. The van der Waals surface area contributed by atoms with Gasteiger partial charge in [-0.05, 0) is 64.3 Å². The average molecular weight is 588 g/mol. The number of alkyl halides is 1. The Bertz CT molecular complexity index is 1530. The van der Waals surface area contributed by atoms with Crippen LogP contribution in [0.3, 0.4) is 0 Å². The molecule has 2 N–H and O–H groups in total. The highest BCUT2D eigenvalue weighted by molar-refractivity contribution is 8.03. The minimum absolute atomic E-state index is 0.0572. The molecule has 0 unspecified atom stereocenters. The number of aromatic nitrogens is 3. The number of thioether (sulfide) groups is 1. The first-order valence-corrected chi connectivity index (χ1v) is 14.8. The van der Waals surface area contributed by atoms with E-state index in [-0.39, 0.29) is 34.0 Å². The number of amidine groups is 1. The second kappa shape index (κ2) is 10.8. The summed E-state index contributed by atoms with van der Waals surface area (Å²) >= 11 is 9.58. The molecular weight excluding hydrogens is 557 g/mol. The van der Waals surface area contributed by atoms with Crippen LogP contribution in [0.25, 0.3) is 10.9 Å². The Hall–Kier alpha value is -2.60. The maximum atomic E-state index is 14.2. The van der Waals surface area contributed by atoms with Crippen molar-refractivity contribution >= 4 is 58.2 Å². The molecule has 1 saturated heterocycles. The smallest absolute Gasteiger partial charge is 0.262 e. The lowest BCUT2D eigenvalue weighted by Crippen LogP contribution is -2.45. The average Bonchev–Trinajstić information content (AvgIpc) is 3.45. The van der Waals surface area contributed by atoms with Crippen molar-refractivity contribution in [2.75, 3.05) is 13.1 Å². The zero-order valence-corrected chi connectivity index (χ0v) is 24.5. The van der Waals surface area contributed by atoms with Gasteiger partial charge in [0.25, 0.3) is 5.56 Å². The molecule has 0 saturated carbocycles. The monoisotopic (exact) mass is 587 g/mol. The van der Waals surface area contributed by atoms with E-state index in [9.17, 15) is 9.18 Å². The van der Waals surface area contributed by atoms with Gasteiger partial charge >= 0.3 is 0 Å². The van der Waals surface area contributed by atoms with Gasteiger partial charge in [0.05, 0.1) is 46.2 Å². The molecule has 5 rings (SSSR count). The Morgan fingerprint density at radius 3 is 2.79 bits per heavy atom. The normalized spacial score (nSPS) is 19.6. The molecule has 1 aliphatic heterocycles. The molecule has 1 fully saturated rings. The molecule has 3 aromatic rings. The number of likely N-dealkylation sites (tertiary alicyclic amines) is 1. The highest BCUT2D eigenvalue weighted by Crippen LogP contribution is 2.51. The van der Waals surface area contributed by atoms with Crippen molar-refractivity contribution in [2.45, 2.75) is 63.2 Å². The second-order valence-corrected chi connectivity index (χ2v) is 13.1. The van der Waals surface area contributed by atoms with E-state index in [2.05, 4.69) is 31.6 Å². The molecule has 1 aromatic carbocycles. The molecule has 1 aliphatic carbocycles. The molecule has 39 heavy (non-hydrogen) atoms. The summed E-state index contributed by atoms with van der Waals surface area (Å²) in [5.74, 6) is 0.886. The van der Waals surface area contributed by atoms with Crippen molar-refractivity contribution in [3.8, 4) is 0 Å². The van der Waals surface area contributed by atoms with Crippen LogP contribution in [-0.2, 0) is 13.0 Å². The van der Waals surface area contributed by atoms with Gasteiger partial charge in [0, 0.05) is 28.9 Å². The zero-order valence-electron chi connectivity index (χ0n) is 22.2. The Morgan fingerprint density at radius 2 is 2.13 bits per heavy atom. The van der Waals surface area contributed by atoms with Crippen LogP contribution >= 0.6 is 34.7 Å². The molecule has 1 spiro atoms. The summed E-state index contributed by atoms with van der Waals surface area (Å²) in [6, 6.07) is 3.56. The predicted molar refractivity (Wildman–Crippen MR) is 159 cm³/mol. The molecule has 0 amide bonds. The molecule has 2 aliphatic rings. The number of hydrogen-bond donors (Lipinski definition) is 1. The van der Waals surface area contributed by atoms with Crippen molar-refractivity contribution in [3.05, 3.63) is 61.1 Å². The zero-order chi connectivity index (χ0) is 27.9. The van der Waals surface area contributed by atoms with Crippen LogP contribution in [-0.4, -0.2) is 50.7 Å². The first-order chi connectivity index (χ1) is 18.5. The molecule has 0 radical (unpaired) electrons. The number of nitrogens with zero attached hydrogens (tertiary/aromatic N) is 6. The maximum Gasteiger partial charge on any atom is 0.262 e. The van der Waals surface area contributed by atoms with Crippen molar-refractivity contribution in [2.24, 2.45) is 21.1 Å². The van der Waals surface area contributed by atoms with Gasteiger partial charge in [-0.15, -0.1) is 11.3 Å². The molecule has 0 bridgehead atoms. The number of halogens is 2. The van der Waals surface area contributed by atoms with Crippen LogP contribution in [0.4, 0.5) is 4.39 Å². The van der Waals surface area contributed by atoms with Crippen LogP contribution < -0.4 is 11.3 Å². The quantitative estimate of drug-likeness (QED) is 0.229. The summed E-state index contributed by atoms with van der Waals surface area (Å²) in [5, 5.41) is 1.02. The summed E-state index contributed by atoms with van der Waals surface area (Å²) in [6.45, 7) is 10.1. The fourth-order valence-corrected chi connectivity index (χ4v) is 7.40. The number of thiazole rings is 1. The van der Waals surface area contributed by atoms with Gasteiger partial charge in [0.2, 0.25) is 0 Å². The van der Waals surface area contributed by atoms with Crippen molar-refractivity contribution in [1.82, 2.24) is 19.4 Å². The number of fused-ring (bicyclic) bond motifs is 2. The first-order valence-electron chi connectivity index (χ1n) is 12.7. The van der Waals surface area contributed by atoms with Crippen molar-refractivity contribution < 1.29 is 4.39 Å². The summed E-state index contributed by atoms with van der Waals surface area (Å²) in [5.41, 5.74) is 8.28. The molecule has 12 heteroatoms. The number of piperidine rings is 1. The Balaban J connectivity index is 1.30. The fraction of sp³-hybridized carbons (Fsp3) is 0.444. The molecule has 3 heterocycles. The van der Waals surface area contributed by atoms with E-state index >= 15 is 0 Å². The number of hydrogen-bond acceptors (Lipinski definition) is 8. The van der Waals surface area contributed by atoms with Gasteiger partial charge < -0.3 is 10.6 Å². The number of aliphatic imine (C=N–C) groups is 2. The third-order valence-electron chi connectivity index (χ3n) is 7.53. The lowest BCUT2D eigenvalue weighted by molar-refractivity contribution is 0.127. The lowest BCUT2D eigenvalue weighted by Gasteiger charge is -2.42. The molecule has 8 nitrogen and oxygen atoms in total. The van der Waals surface area contributed by atoms with Crippen molar-refractivity contribution in [1.29, 1.82) is 0 Å². The third kappa shape index (κ3) is 5.54. The van der Waals surface area contributed by atoms with Crippen LogP contribution in [0, 0.1) is 5.41 Å². The molecule has 1 atom stereocenters. The minimum atomic E-state index is -1.57. The molecule has 206 valence electrons. The van der Waals surface area contributed by atoms with Crippen LogP contribution in [0.5, 0.6) is 0 Å². The van der Waals surface area contributed by atoms with E-state index in [0.717, 1.165) is 38.2 Å². The van der Waals surface area contributed by atoms with Gasteiger partial charge in [-0.1, -0.05) is 23.4 Å². The standard InChI is InChI=1S/C27H31ClFN7OS2/c1-16(35-9-7-27(8-10-35)11-18-23(24(27)30)38-15-34-18)32-12-20(31-4)39-19-6-5-17-21(22(19)28)25(37)36(14-33-17)13-26(2,3)29/h5-6,12,14-15,24H,4,7-11,13,30H2,1-3H3/b20-12+,32-16?/t24-/m1/s1. The van der Waals surface area contributed by atoms with E-state index in [0.29, 0.717) is 15.4 Å². The SMILES string of the molecule is C=N/C(=C\N=C(C)N1CCC2(CC1)Cc1ncsc1[C@H]2N)Sc1ccc2ncn(CC(C)(C)F)c(=O)c2c1Cl. The summed E-state index contributed by atoms with van der Waals surface area (Å²) in [7, 11) is 0. The third-order valence-corrected chi connectivity index (χ3v) is 9.99. The largest absolute Gasteiger partial charge is 0.360 e. The van der Waals surface area contributed by atoms with E-state index in [1.807, 2.05) is 12.4 Å². The molecular formula is C27H31ClFN7OS2. The number of nitrogens with two attached hydrogens (primary N) is 1. The minimum Gasteiger partial charge on any atom is -0.360 e. The first kappa shape index (κ1) is 27.9. The Kier molecular flexibility index (Phi) is 7.71. The van der Waals surface area contributed by atoms with E-state index in [1.54, 1.807) is 29.7 Å². The maximum absolute atomic E-state index is 14.2. The Labute approximate surface area is 239 Å². The predicted octanol–water partition coefficient (Wildman–Crippen LogP) is 5.60. The van der Waals surface area contributed by atoms with Crippen LogP contribution in [0.1, 0.15) is 50.2 Å². The van der Waals surface area contributed by atoms with Crippen LogP contribution in [0.15, 0.2) is 54.9 Å². The Morgan fingerprint density at radius 1 is 1.38 bits per heavy atom. The fourth-order valence-electron chi connectivity index (χ4n) is 5.37. The highest BCUT2D eigenvalue weighted by atomic mass is 35.5. The summed E-state index contributed by atoms with van der Waals surface area (Å²) < 4.78 is 15.4. The van der Waals surface area contributed by atoms with E-state index < -0.39 is 5.67 Å². The van der Waals surface area contributed by atoms with Crippen LogP contribution in [0.2, 0.25) is 5.02 Å². The lowest BCUT2D eigenvalue weighted by atomic mass is 9.74.